The maximum Gasteiger partial charge on any atom is 0.306 e. The van der Waals surface area contributed by atoms with Gasteiger partial charge in [0.1, 0.15) is 0 Å². The van der Waals surface area contributed by atoms with E-state index >= 15 is 0 Å². The Kier molecular flexibility index (Phi) is 6.81. The minimum Gasteiger partial charge on any atom is -0.463 e. The molecule has 102 valence electrons. The highest BCUT2D eigenvalue weighted by atomic mass is 16.5. The summed E-state index contributed by atoms with van der Waals surface area (Å²) in [6.45, 7) is 15.0. The lowest BCUT2D eigenvalue weighted by Crippen LogP contribution is -2.20. The van der Waals surface area contributed by atoms with Crippen LogP contribution in [-0.2, 0) is 9.53 Å². The first-order valence-corrected chi connectivity index (χ1v) is 6.79. The van der Waals surface area contributed by atoms with Gasteiger partial charge in [0, 0.05) is 6.42 Å². The van der Waals surface area contributed by atoms with Gasteiger partial charge in [-0.25, -0.2) is 0 Å². The standard InChI is InChI=1S/C15H30O2/c1-11(2)8-13(4)17-14(16)9-12(3)10-15(5,6)7/h11-13H,8-10H2,1-7H3. The van der Waals surface area contributed by atoms with Crippen molar-refractivity contribution in [1.82, 2.24) is 0 Å². The lowest BCUT2D eigenvalue weighted by molar-refractivity contribution is -0.150. The van der Waals surface area contributed by atoms with Crippen molar-refractivity contribution in [1.29, 1.82) is 0 Å². The highest BCUT2D eigenvalue weighted by Gasteiger charge is 2.19. The number of hydrogen-bond acceptors (Lipinski definition) is 2. The van der Waals surface area contributed by atoms with E-state index in [1.807, 2.05) is 6.92 Å². The maximum absolute atomic E-state index is 11.7. The van der Waals surface area contributed by atoms with Crippen LogP contribution >= 0.6 is 0 Å². The predicted molar refractivity (Wildman–Crippen MR) is 72.9 cm³/mol. The van der Waals surface area contributed by atoms with E-state index in [-0.39, 0.29) is 17.5 Å². The Morgan fingerprint density at radius 2 is 1.65 bits per heavy atom. The van der Waals surface area contributed by atoms with Crippen molar-refractivity contribution in [2.75, 3.05) is 0 Å². The number of carbonyl (C=O) groups excluding carboxylic acids is 1. The Morgan fingerprint density at radius 3 is 2.06 bits per heavy atom. The molecule has 0 fully saturated rings. The largest absolute Gasteiger partial charge is 0.463 e. The highest BCUT2D eigenvalue weighted by Crippen LogP contribution is 2.26. The molecule has 0 bridgehead atoms. The second-order valence-electron chi connectivity index (χ2n) is 7.00. The summed E-state index contributed by atoms with van der Waals surface area (Å²) in [6, 6.07) is 0. The topological polar surface area (TPSA) is 26.3 Å². The van der Waals surface area contributed by atoms with Gasteiger partial charge in [0.25, 0.3) is 0 Å². The summed E-state index contributed by atoms with van der Waals surface area (Å²) in [5, 5.41) is 0. The summed E-state index contributed by atoms with van der Waals surface area (Å²) in [6.07, 6.45) is 2.59. The van der Waals surface area contributed by atoms with Crippen molar-refractivity contribution < 1.29 is 9.53 Å². The van der Waals surface area contributed by atoms with Crippen molar-refractivity contribution >= 4 is 5.97 Å². The van der Waals surface area contributed by atoms with Crippen LogP contribution in [0.1, 0.15) is 67.7 Å². The van der Waals surface area contributed by atoms with Crippen molar-refractivity contribution in [3.05, 3.63) is 0 Å². The van der Waals surface area contributed by atoms with Crippen LogP contribution in [0.2, 0.25) is 0 Å². The molecule has 0 aliphatic carbocycles. The van der Waals surface area contributed by atoms with Gasteiger partial charge in [-0.1, -0.05) is 41.5 Å². The van der Waals surface area contributed by atoms with Crippen LogP contribution in [0.5, 0.6) is 0 Å². The Bertz CT molecular complexity index is 226. The van der Waals surface area contributed by atoms with Gasteiger partial charge in [-0.3, -0.25) is 4.79 Å². The fourth-order valence-electron chi connectivity index (χ4n) is 2.39. The van der Waals surface area contributed by atoms with Crippen molar-refractivity contribution in [3.63, 3.8) is 0 Å². The molecule has 0 radical (unpaired) electrons. The third kappa shape index (κ3) is 10.3. The molecule has 0 aliphatic rings. The summed E-state index contributed by atoms with van der Waals surface area (Å²) < 4.78 is 5.41. The Morgan fingerprint density at radius 1 is 1.12 bits per heavy atom. The van der Waals surface area contributed by atoms with Crippen LogP contribution < -0.4 is 0 Å². The quantitative estimate of drug-likeness (QED) is 0.644. The molecule has 0 heterocycles. The van der Waals surface area contributed by atoms with Crippen LogP contribution in [-0.4, -0.2) is 12.1 Å². The molecule has 0 spiro atoms. The van der Waals surface area contributed by atoms with Gasteiger partial charge in [-0.2, -0.15) is 0 Å². The van der Waals surface area contributed by atoms with E-state index in [4.69, 9.17) is 4.74 Å². The zero-order valence-corrected chi connectivity index (χ0v) is 12.7. The maximum atomic E-state index is 11.7. The number of rotatable bonds is 6. The zero-order chi connectivity index (χ0) is 13.6. The molecule has 2 heteroatoms. The van der Waals surface area contributed by atoms with Crippen molar-refractivity contribution in [2.45, 2.75) is 73.8 Å². The lowest BCUT2D eigenvalue weighted by Gasteiger charge is -2.23. The van der Waals surface area contributed by atoms with Gasteiger partial charge in [0.05, 0.1) is 6.10 Å². The lowest BCUT2D eigenvalue weighted by atomic mass is 9.84. The van der Waals surface area contributed by atoms with E-state index in [1.165, 1.54) is 0 Å². The molecule has 0 N–H and O–H groups in total. The van der Waals surface area contributed by atoms with Crippen LogP contribution in [0.3, 0.4) is 0 Å². The number of hydrogen-bond donors (Lipinski definition) is 0. The minimum absolute atomic E-state index is 0.0457. The second kappa shape index (κ2) is 7.03. The van der Waals surface area contributed by atoms with Gasteiger partial charge >= 0.3 is 5.97 Å². The third-order valence-electron chi connectivity index (χ3n) is 2.61. The molecule has 0 rings (SSSR count). The summed E-state index contributed by atoms with van der Waals surface area (Å²) in [4.78, 5) is 11.7. The molecule has 2 nitrogen and oxygen atoms in total. The Hall–Kier alpha value is -0.530. The normalized spacial score (nSPS) is 15.8. The molecule has 2 unspecified atom stereocenters. The van der Waals surface area contributed by atoms with Crippen LogP contribution in [0.4, 0.5) is 0 Å². The van der Waals surface area contributed by atoms with Crippen molar-refractivity contribution in [3.8, 4) is 0 Å². The van der Waals surface area contributed by atoms with Gasteiger partial charge < -0.3 is 4.74 Å². The predicted octanol–water partition coefficient (Wildman–Crippen LogP) is 4.43. The minimum atomic E-state index is -0.0464. The summed E-state index contributed by atoms with van der Waals surface area (Å²) in [5.41, 5.74) is 0.281. The molecular weight excluding hydrogens is 212 g/mol. The molecular formula is C15H30O2. The van der Waals surface area contributed by atoms with E-state index in [9.17, 15) is 4.79 Å². The second-order valence-corrected chi connectivity index (χ2v) is 7.00. The van der Waals surface area contributed by atoms with Crippen LogP contribution in [0.15, 0.2) is 0 Å². The molecule has 0 aromatic carbocycles. The smallest absolute Gasteiger partial charge is 0.306 e. The fraction of sp³-hybridized carbons (Fsp3) is 0.933. The van der Waals surface area contributed by atoms with E-state index < -0.39 is 0 Å². The van der Waals surface area contributed by atoms with E-state index in [0.717, 1.165) is 12.8 Å². The first-order chi connectivity index (χ1) is 7.60. The highest BCUT2D eigenvalue weighted by molar-refractivity contribution is 5.69. The van der Waals surface area contributed by atoms with Crippen LogP contribution in [0, 0.1) is 17.3 Å². The van der Waals surface area contributed by atoms with Gasteiger partial charge in [0.2, 0.25) is 0 Å². The number of carbonyl (C=O) groups is 1. The van der Waals surface area contributed by atoms with Gasteiger partial charge in [-0.05, 0) is 37.0 Å². The summed E-state index contributed by atoms with van der Waals surface area (Å²) >= 11 is 0. The number of esters is 1. The van der Waals surface area contributed by atoms with Gasteiger partial charge in [-0.15, -0.1) is 0 Å². The Balaban J connectivity index is 3.93. The van der Waals surface area contributed by atoms with E-state index in [0.29, 0.717) is 18.3 Å². The summed E-state index contributed by atoms with van der Waals surface area (Å²) in [5.74, 6) is 0.924. The van der Waals surface area contributed by atoms with E-state index in [2.05, 4.69) is 41.5 Å². The molecule has 0 amide bonds. The SMILES string of the molecule is CC(C)CC(C)OC(=O)CC(C)CC(C)(C)C. The third-order valence-corrected chi connectivity index (χ3v) is 2.61. The molecule has 0 aromatic rings. The molecule has 0 saturated heterocycles. The van der Waals surface area contributed by atoms with Gasteiger partial charge in [0.15, 0.2) is 0 Å². The van der Waals surface area contributed by atoms with Crippen molar-refractivity contribution in [2.24, 2.45) is 17.3 Å². The van der Waals surface area contributed by atoms with Crippen LogP contribution in [0.25, 0.3) is 0 Å². The first-order valence-electron chi connectivity index (χ1n) is 6.79. The average Bonchev–Trinajstić information content (AvgIpc) is 1.95. The first kappa shape index (κ1) is 16.5. The monoisotopic (exact) mass is 242 g/mol. The number of ether oxygens (including phenoxy) is 1. The summed E-state index contributed by atoms with van der Waals surface area (Å²) in [7, 11) is 0. The Labute approximate surface area is 107 Å². The molecule has 0 saturated carbocycles. The molecule has 0 aliphatic heterocycles. The average molecular weight is 242 g/mol. The molecule has 17 heavy (non-hydrogen) atoms. The molecule has 2 atom stereocenters. The zero-order valence-electron chi connectivity index (χ0n) is 12.7. The van der Waals surface area contributed by atoms with E-state index in [1.54, 1.807) is 0 Å². The molecule has 0 aromatic heterocycles. The fourth-order valence-corrected chi connectivity index (χ4v) is 2.39.